The van der Waals surface area contributed by atoms with Crippen LogP contribution in [0.25, 0.3) is 0 Å². The van der Waals surface area contributed by atoms with E-state index in [0.717, 1.165) is 38.5 Å². The number of hydrogen-bond acceptors (Lipinski definition) is 4. The molecule has 1 aromatic rings. The summed E-state index contributed by atoms with van der Waals surface area (Å²) in [6.45, 7) is 7.44. The maximum absolute atomic E-state index is 5.52. The monoisotopic (exact) mass is 281 g/mol. The van der Waals surface area contributed by atoms with Gasteiger partial charge in [0.2, 0.25) is 0 Å². The predicted molar refractivity (Wildman–Crippen MR) is 81.4 cm³/mol. The first-order valence-electron chi connectivity index (χ1n) is 7.47. The van der Waals surface area contributed by atoms with Gasteiger partial charge in [0.1, 0.15) is 12.4 Å². The van der Waals surface area contributed by atoms with Crippen LogP contribution in [0.3, 0.4) is 0 Å². The van der Waals surface area contributed by atoms with Gasteiger partial charge in [-0.05, 0) is 18.6 Å². The van der Waals surface area contributed by atoms with E-state index in [1.165, 1.54) is 6.42 Å². The van der Waals surface area contributed by atoms with Crippen molar-refractivity contribution in [1.29, 1.82) is 0 Å². The number of unbranched alkanes of at least 4 members (excludes halogenated alkanes) is 1. The lowest BCUT2D eigenvalue weighted by Gasteiger charge is -2.08. The molecule has 0 aromatic heterocycles. The SMILES string of the molecule is CCCCOCCNCCOCCOc1ccccc1. The summed E-state index contributed by atoms with van der Waals surface area (Å²) in [6, 6.07) is 9.78. The minimum atomic E-state index is 0.587. The van der Waals surface area contributed by atoms with Crippen molar-refractivity contribution in [2.75, 3.05) is 46.1 Å². The molecule has 0 heterocycles. The molecule has 0 atom stereocenters. The maximum atomic E-state index is 5.52. The first kappa shape index (κ1) is 17.0. The van der Waals surface area contributed by atoms with Crippen LogP contribution in [0.1, 0.15) is 19.8 Å². The van der Waals surface area contributed by atoms with Gasteiger partial charge < -0.3 is 19.5 Å². The second-order valence-electron chi connectivity index (χ2n) is 4.49. The number of hydrogen-bond donors (Lipinski definition) is 1. The van der Waals surface area contributed by atoms with E-state index < -0.39 is 0 Å². The highest BCUT2D eigenvalue weighted by Crippen LogP contribution is 2.07. The normalized spacial score (nSPS) is 10.7. The third-order valence-electron chi connectivity index (χ3n) is 2.73. The van der Waals surface area contributed by atoms with Crippen LogP contribution in [-0.2, 0) is 9.47 Å². The highest BCUT2D eigenvalue weighted by atomic mass is 16.5. The van der Waals surface area contributed by atoms with E-state index in [0.29, 0.717) is 19.8 Å². The smallest absolute Gasteiger partial charge is 0.119 e. The van der Waals surface area contributed by atoms with Crippen LogP contribution in [0, 0.1) is 0 Å². The summed E-state index contributed by atoms with van der Waals surface area (Å²) in [6.07, 6.45) is 2.33. The first-order valence-corrected chi connectivity index (χ1v) is 7.47. The molecular formula is C16H27NO3. The lowest BCUT2D eigenvalue weighted by molar-refractivity contribution is 0.0975. The van der Waals surface area contributed by atoms with Crippen molar-refractivity contribution in [1.82, 2.24) is 5.32 Å². The minimum Gasteiger partial charge on any atom is -0.491 e. The average Bonchev–Trinajstić information content (AvgIpc) is 2.49. The van der Waals surface area contributed by atoms with Crippen LogP contribution in [0.5, 0.6) is 5.75 Å². The Morgan fingerprint density at radius 2 is 1.55 bits per heavy atom. The summed E-state index contributed by atoms with van der Waals surface area (Å²) in [4.78, 5) is 0. The lowest BCUT2D eigenvalue weighted by Crippen LogP contribution is -2.24. The lowest BCUT2D eigenvalue weighted by atomic mass is 10.3. The van der Waals surface area contributed by atoms with Gasteiger partial charge in [0.05, 0.1) is 19.8 Å². The summed E-state index contributed by atoms with van der Waals surface area (Å²) in [7, 11) is 0. The van der Waals surface area contributed by atoms with Gasteiger partial charge in [0.25, 0.3) is 0 Å². The highest BCUT2D eigenvalue weighted by molar-refractivity contribution is 5.20. The molecule has 0 amide bonds. The number of para-hydroxylation sites is 1. The summed E-state index contributed by atoms with van der Waals surface area (Å²) in [5.41, 5.74) is 0. The second-order valence-corrected chi connectivity index (χ2v) is 4.49. The Hall–Kier alpha value is -1.10. The Morgan fingerprint density at radius 1 is 0.850 bits per heavy atom. The largest absolute Gasteiger partial charge is 0.491 e. The van der Waals surface area contributed by atoms with E-state index in [4.69, 9.17) is 14.2 Å². The fourth-order valence-corrected chi connectivity index (χ4v) is 1.60. The zero-order valence-electron chi connectivity index (χ0n) is 12.5. The number of benzene rings is 1. The topological polar surface area (TPSA) is 39.7 Å². The van der Waals surface area contributed by atoms with E-state index in [1.807, 2.05) is 30.3 Å². The Balaban J connectivity index is 1.77. The van der Waals surface area contributed by atoms with Crippen LogP contribution in [-0.4, -0.2) is 46.1 Å². The Labute approximate surface area is 122 Å². The van der Waals surface area contributed by atoms with Crippen molar-refractivity contribution < 1.29 is 14.2 Å². The van der Waals surface area contributed by atoms with E-state index >= 15 is 0 Å². The van der Waals surface area contributed by atoms with Crippen molar-refractivity contribution in [3.05, 3.63) is 30.3 Å². The van der Waals surface area contributed by atoms with Gasteiger partial charge in [-0.1, -0.05) is 31.5 Å². The summed E-state index contributed by atoms with van der Waals surface area (Å²) in [5, 5.41) is 3.28. The number of nitrogens with one attached hydrogen (secondary N) is 1. The second kappa shape index (κ2) is 12.9. The number of ether oxygens (including phenoxy) is 3. The first-order chi connectivity index (χ1) is 9.93. The van der Waals surface area contributed by atoms with Crippen molar-refractivity contribution in [3.63, 3.8) is 0 Å². The van der Waals surface area contributed by atoms with Crippen LogP contribution in [0.4, 0.5) is 0 Å². The number of rotatable bonds is 13. The molecule has 4 heteroatoms. The molecule has 0 radical (unpaired) electrons. The van der Waals surface area contributed by atoms with Crippen LogP contribution < -0.4 is 10.1 Å². The van der Waals surface area contributed by atoms with Crippen LogP contribution in [0.2, 0.25) is 0 Å². The predicted octanol–water partition coefficient (Wildman–Crippen LogP) is 2.49. The Kier molecular flexibility index (Phi) is 10.9. The zero-order valence-corrected chi connectivity index (χ0v) is 12.5. The fraction of sp³-hybridized carbons (Fsp3) is 0.625. The zero-order chi connectivity index (χ0) is 14.3. The van der Waals surface area contributed by atoms with Crippen molar-refractivity contribution in [2.24, 2.45) is 0 Å². The Morgan fingerprint density at radius 3 is 2.25 bits per heavy atom. The van der Waals surface area contributed by atoms with Gasteiger partial charge in [-0.15, -0.1) is 0 Å². The molecule has 0 unspecified atom stereocenters. The summed E-state index contributed by atoms with van der Waals surface area (Å²) < 4.78 is 16.4. The quantitative estimate of drug-likeness (QED) is 0.564. The molecule has 4 nitrogen and oxygen atoms in total. The molecule has 0 saturated carbocycles. The van der Waals surface area contributed by atoms with Crippen molar-refractivity contribution in [3.8, 4) is 5.75 Å². The van der Waals surface area contributed by atoms with E-state index in [2.05, 4.69) is 12.2 Å². The summed E-state index contributed by atoms with van der Waals surface area (Å²) in [5.74, 6) is 0.887. The van der Waals surface area contributed by atoms with E-state index in [1.54, 1.807) is 0 Å². The van der Waals surface area contributed by atoms with E-state index in [9.17, 15) is 0 Å². The molecule has 0 saturated heterocycles. The molecule has 20 heavy (non-hydrogen) atoms. The molecule has 1 N–H and O–H groups in total. The van der Waals surface area contributed by atoms with Gasteiger partial charge in [0.15, 0.2) is 0 Å². The van der Waals surface area contributed by atoms with Gasteiger partial charge in [-0.2, -0.15) is 0 Å². The maximum Gasteiger partial charge on any atom is 0.119 e. The van der Waals surface area contributed by atoms with Crippen LogP contribution in [0.15, 0.2) is 30.3 Å². The molecule has 1 aromatic carbocycles. The molecule has 0 fully saturated rings. The molecule has 114 valence electrons. The summed E-state index contributed by atoms with van der Waals surface area (Å²) >= 11 is 0. The van der Waals surface area contributed by atoms with E-state index in [-0.39, 0.29) is 0 Å². The molecular weight excluding hydrogens is 254 g/mol. The minimum absolute atomic E-state index is 0.587. The van der Waals surface area contributed by atoms with Gasteiger partial charge in [0, 0.05) is 19.7 Å². The molecule has 0 aliphatic carbocycles. The molecule has 1 rings (SSSR count). The van der Waals surface area contributed by atoms with Gasteiger partial charge in [-0.25, -0.2) is 0 Å². The van der Waals surface area contributed by atoms with Gasteiger partial charge in [-0.3, -0.25) is 0 Å². The van der Waals surface area contributed by atoms with Crippen molar-refractivity contribution >= 4 is 0 Å². The van der Waals surface area contributed by atoms with Crippen molar-refractivity contribution in [2.45, 2.75) is 19.8 Å². The Bertz CT molecular complexity index is 306. The molecule has 0 spiro atoms. The third kappa shape index (κ3) is 9.78. The van der Waals surface area contributed by atoms with Gasteiger partial charge >= 0.3 is 0 Å². The fourth-order valence-electron chi connectivity index (χ4n) is 1.60. The average molecular weight is 281 g/mol. The standard InChI is InChI=1S/C16H27NO3/c1-2-3-11-18-12-9-17-10-13-19-14-15-20-16-7-5-4-6-8-16/h4-8,17H,2-3,9-15H2,1H3. The molecule has 0 aliphatic heterocycles. The molecule has 0 aliphatic rings. The van der Waals surface area contributed by atoms with Crippen LogP contribution >= 0.6 is 0 Å². The third-order valence-corrected chi connectivity index (χ3v) is 2.73. The molecule has 0 bridgehead atoms. The highest BCUT2D eigenvalue weighted by Gasteiger charge is 1.93.